The number of phenolic OH excluding ortho intramolecular Hbond substituents is 1. The summed E-state index contributed by atoms with van der Waals surface area (Å²) in [5.41, 5.74) is 0.979. The van der Waals surface area contributed by atoms with E-state index in [0.717, 1.165) is 0 Å². The fraction of sp³-hybridized carbons (Fsp3) is 0.533. The second-order valence-corrected chi connectivity index (χ2v) is 6.73. The lowest BCUT2D eigenvalue weighted by Gasteiger charge is -2.27. The molecule has 20 heavy (non-hydrogen) atoms. The summed E-state index contributed by atoms with van der Waals surface area (Å²) in [5.74, 6) is 7.24. The third-order valence-corrected chi connectivity index (χ3v) is 2.97. The molecule has 5 nitrogen and oxygen atoms in total. The van der Waals surface area contributed by atoms with E-state index in [-0.39, 0.29) is 22.1 Å². The maximum atomic E-state index is 11.2. The average Bonchev–Trinajstić information content (AvgIpc) is 2.28. The minimum atomic E-state index is -0.967. The van der Waals surface area contributed by atoms with E-state index in [1.165, 1.54) is 0 Å². The summed E-state index contributed by atoms with van der Waals surface area (Å²) in [6.07, 6.45) is 0. The maximum Gasteiger partial charge on any atom is 0.335 e. The minimum absolute atomic E-state index is 0.208. The molecule has 0 saturated heterocycles. The van der Waals surface area contributed by atoms with E-state index in [1.807, 2.05) is 41.5 Å². The van der Waals surface area contributed by atoms with Crippen molar-refractivity contribution in [2.75, 3.05) is 0 Å². The third kappa shape index (κ3) is 4.21. The van der Waals surface area contributed by atoms with E-state index in [1.54, 1.807) is 12.1 Å². The van der Waals surface area contributed by atoms with Crippen LogP contribution in [0.5, 0.6) is 5.75 Å². The number of hydrogen-bond acceptors (Lipinski definition) is 4. The van der Waals surface area contributed by atoms with E-state index in [4.69, 9.17) is 0 Å². The summed E-state index contributed by atoms with van der Waals surface area (Å²) in [7, 11) is 0. The lowest BCUT2D eigenvalue weighted by molar-refractivity contribution is 0.0696. The van der Waals surface area contributed by atoms with Crippen molar-refractivity contribution >= 4 is 5.97 Å². The summed E-state index contributed by atoms with van der Waals surface area (Å²) in [4.78, 5) is 11.2. The number of hydrazine groups is 1. The Morgan fingerprint density at radius 3 is 1.45 bits per heavy atom. The van der Waals surface area contributed by atoms with Gasteiger partial charge in [-0.15, -0.1) is 0 Å². The smallest absolute Gasteiger partial charge is 0.335 e. The van der Waals surface area contributed by atoms with E-state index < -0.39 is 5.97 Å². The number of carboxylic acids is 1. The summed E-state index contributed by atoms with van der Waals surface area (Å²) in [6.45, 7) is 11.8. The van der Waals surface area contributed by atoms with Crippen LogP contribution < -0.4 is 11.7 Å². The molecule has 0 aliphatic rings. The first-order valence-corrected chi connectivity index (χ1v) is 6.39. The van der Waals surface area contributed by atoms with Gasteiger partial charge < -0.3 is 10.2 Å². The molecule has 0 saturated carbocycles. The topological polar surface area (TPSA) is 110 Å². The van der Waals surface area contributed by atoms with E-state index in [0.29, 0.717) is 11.1 Å². The van der Waals surface area contributed by atoms with Crippen molar-refractivity contribution in [1.29, 1.82) is 0 Å². The number of benzene rings is 1. The Labute approximate surface area is 120 Å². The van der Waals surface area contributed by atoms with Crippen LogP contribution in [-0.2, 0) is 10.8 Å². The molecule has 0 fully saturated rings. The average molecular weight is 282 g/mol. The highest BCUT2D eigenvalue weighted by Gasteiger charge is 2.27. The molecule has 0 aromatic heterocycles. The molecule has 0 amide bonds. The zero-order valence-corrected chi connectivity index (χ0v) is 13.1. The van der Waals surface area contributed by atoms with Crippen molar-refractivity contribution in [3.05, 3.63) is 28.8 Å². The van der Waals surface area contributed by atoms with Gasteiger partial charge in [-0.25, -0.2) is 4.79 Å². The van der Waals surface area contributed by atoms with Crippen molar-refractivity contribution in [1.82, 2.24) is 0 Å². The van der Waals surface area contributed by atoms with E-state index in [2.05, 4.69) is 11.7 Å². The molecule has 1 aromatic rings. The molecule has 1 rings (SSSR count). The quantitative estimate of drug-likeness (QED) is 0.467. The Bertz CT molecular complexity index is 448. The van der Waals surface area contributed by atoms with Gasteiger partial charge in [0, 0.05) is 11.1 Å². The largest absolute Gasteiger partial charge is 0.507 e. The molecule has 0 atom stereocenters. The number of nitrogens with two attached hydrogens (primary N) is 2. The number of hydrogen-bond donors (Lipinski definition) is 4. The maximum absolute atomic E-state index is 11.2. The van der Waals surface area contributed by atoms with Crippen LogP contribution in [0.3, 0.4) is 0 Å². The standard InChI is InChI=1S/C15H22O3.H4N2/c1-14(2,3)10-7-9(13(17)18)8-11(12(10)16)15(4,5)6;1-2/h7-8,16H,1-6H3,(H,17,18);1-2H2. The van der Waals surface area contributed by atoms with Crippen LogP contribution >= 0.6 is 0 Å². The van der Waals surface area contributed by atoms with Crippen LogP contribution in [0.2, 0.25) is 0 Å². The first-order valence-electron chi connectivity index (χ1n) is 6.39. The Kier molecular flexibility index (Phi) is 5.74. The van der Waals surface area contributed by atoms with Gasteiger partial charge in [-0.2, -0.15) is 0 Å². The normalized spacial score (nSPS) is 11.6. The summed E-state index contributed by atoms with van der Waals surface area (Å²) < 4.78 is 0. The van der Waals surface area contributed by atoms with Gasteiger partial charge in [-0.05, 0) is 23.0 Å². The molecule has 0 bridgehead atoms. The van der Waals surface area contributed by atoms with Crippen LogP contribution in [0, 0.1) is 0 Å². The number of phenols is 1. The van der Waals surface area contributed by atoms with Crippen LogP contribution in [0.4, 0.5) is 0 Å². The minimum Gasteiger partial charge on any atom is -0.507 e. The van der Waals surface area contributed by atoms with Gasteiger partial charge in [0.05, 0.1) is 5.56 Å². The Hall–Kier alpha value is -1.59. The fourth-order valence-electron chi connectivity index (χ4n) is 1.90. The van der Waals surface area contributed by atoms with Gasteiger partial charge in [0.2, 0.25) is 0 Å². The second kappa shape index (κ2) is 6.24. The van der Waals surface area contributed by atoms with Gasteiger partial charge in [-0.1, -0.05) is 41.5 Å². The molecule has 0 radical (unpaired) electrons. The number of aromatic carboxylic acids is 1. The van der Waals surface area contributed by atoms with Crippen molar-refractivity contribution in [2.24, 2.45) is 11.7 Å². The van der Waals surface area contributed by atoms with Gasteiger partial charge in [0.15, 0.2) is 0 Å². The molecule has 6 N–H and O–H groups in total. The molecule has 0 aliphatic carbocycles. The lowest BCUT2D eigenvalue weighted by atomic mass is 9.78. The molecule has 0 spiro atoms. The second-order valence-electron chi connectivity index (χ2n) is 6.73. The molecule has 0 unspecified atom stereocenters. The van der Waals surface area contributed by atoms with Crippen LogP contribution in [0.25, 0.3) is 0 Å². The molecule has 114 valence electrons. The van der Waals surface area contributed by atoms with Gasteiger partial charge >= 0.3 is 5.97 Å². The Morgan fingerprint density at radius 1 is 0.950 bits per heavy atom. The zero-order chi connectivity index (χ0) is 16.3. The number of rotatable bonds is 1. The highest BCUT2D eigenvalue weighted by Crippen LogP contribution is 2.39. The number of carboxylic acid groups (broad SMARTS) is 1. The van der Waals surface area contributed by atoms with Gasteiger partial charge in [0.25, 0.3) is 0 Å². The Morgan fingerprint density at radius 2 is 1.25 bits per heavy atom. The molecule has 5 heteroatoms. The highest BCUT2D eigenvalue weighted by atomic mass is 16.4. The summed E-state index contributed by atoms with van der Waals surface area (Å²) in [5, 5.41) is 19.5. The Balaban J connectivity index is 0.00000172. The monoisotopic (exact) mass is 282 g/mol. The molecular weight excluding hydrogens is 256 g/mol. The van der Waals surface area contributed by atoms with Crippen molar-refractivity contribution in [2.45, 2.75) is 52.4 Å². The number of aromatic hydroxyl groups is 1. The van der Waals surface area contributed by atoms with Crippen molar-refractivity contribution < 1.29 is 15.0 Å². The van der Waals surface area contributed by atoms with Crippen LogP contribution in [0.1, 0.15) is 63.0 Å². The van der Waals surface area contributed by atoms with Gasteiger partial charge in [-0.3, -0.25) is 11.7 Å². The SMILES string of the molecule is CC(C)(C)c1cc(C(=O)O)cc(C(C)(C)C)c1O.NN. The van der Waals surface area contributed by atoms with Gasteiger partial charge in [0.1, 0.15) is 5.75 Å². The lowest BCUT2D eigenvalue weighted by Crippen LogP contribution is -2.18. The highest BCUT2D eigenvalue weighted by molar-refractivity contribution is 5.88. The van der Waals surface area contributed by atoms with Crippen LogP contribution in [0.15, 0.2) is 12.1 Å². The predicted molar refractivity (Wildman–Crippen MR) is 80.8 cm³/mol. The van der Waals surface area contributed by atoms with Crippen molar-refractivity contribution in [3.63, 3.8) is 0 Å². The third-order valence-electron chi connectivity index (χ3n) is 2.97. The van der Waals surface area contributed by atoms with E-state index in [9.17, 15) is 15.0 Å². The molecule has 0 aliphatic heterocycles. The molecule has 1 aromatic carbocycles. The molecule has 0 heterocycles. The first kappa shape index (κ1) is 18.4. The summed E-state index contributed by atoms with van der Waals surface area (Å²) in [6, 6.07) is 3.12. The van der Waals surface area contributed by atoms with Crippen LogP contribution in [-0.4, -0.2) is 16.2 Å². The van der Waals surface area contributed by atoms with E-state index >= 15 is 0 Å². The number of carbonyl (C=O) groups is 1. The predicted octanol–water partition coefficient (Wildman–Crippen LogP) is 2.50. The zero-order valence-electron chi connectivity index (χ0n) is 13.1. The molecular formula is C15H26N2O3. The summed E-state index contributed by atoms with van der Waals surface area (Å²) >= 11 is 0. The fourth-order valence-corrected chi connectivity index (χ4v) is 1.90. The first-order chi connectivity index (χ1) is 8.94. The van der Waals surface area contributed by atoms with Crippen molar-refractivity contribution in [3.8, 4) is 5.75 Å².